The second kappa shape index (κ2) is 6.17. The van der Waals surface area contributed by atoms with E-state index < -0.39 is 0 Å². The second-order valence-corrected chi connectivity index (χ2v) is 6.41. The first-order chi connectivity index (χ1) is 11.8. The van der Waals surface area contributed by atoms with Crippen LogP contribution in [0.1, 0.15) is 16.1 Å². The third-order valence-corrected chi connectivity index (χ3v) is 4.93. The maximum Gasteiger partial charge on any atom is 0.276 e. The highest BCUT2D eigenvalue weighted by molar-refractivity contribution is 7.98. The number of benzene rings is 2. The van der Waals surface area contributed by atoms with E-state index in [1.54, 1.807) is 6.20 Å². The van der Waals surface area contributed by atoms with Gasteiger partial charge in [0.05, 0.1) is 6.20 Å². The van der Waals surface area contributed by atoms with Crippen LogP contribution in [-0.2, 0) is 6.42 Å². The van der Waals surface area contributed by atoms with Crippen LogP contribution in [0.3, 0.4) is 0 Å². The molecule has 0 radical (unpaired) electrons. The number of aromatic nitrogens is 2. The van der Waals surface area contributed by atoms with Crippen molar-refractivity contribution < 1.29 is 4.79 Å². The Hall–Kier alpha value is -2.53. The smallest absolute Gasteiger partial charge is 0.276 e. The predicted molar refractivity (Wildman–Crippen MR) is 97.2 cm³/mol. The molecule has 0 spiro atoms. The van der Waals surface area contributed by atoms with Gasteiger partial charge >= 0.3 is 0 Å². The number of hydrogen-bond acceptors (Lipinski definition) is 3. The van der Waals surface area contributed by atoms with Gasteiger partial charge in [-0.3, -0.25) is 9.36 Å². The number of carbonyl (C=O) groups is 1. The van der Waals surface area contributed by atoms with Crippen molar-refractivity contribution in [2.45, 2.75) is 11.6 Å². The lowest BCUT2D eigenvalue weighted by Crippen LogP contribution is -2.30. The van der Waals surface area contributed by atoms with Crippen LogP contribution in [0.5, 0.6) is 0 Å². The zero-order chi connectivity index (χ0) is 16.5. The first kappa shape index (κ1) is 15.0. The minimum absolute atomic E-state index is 0.00315. The van der Waals surface area contributed by atoms with E-state index in [-0.39, 0.29) is 5.91 Å². The highest BCUT2D eigenvalue weighted by Gasteiger charge is 2.28. The average molecular weight is 335 g/mol. The van der Waals surface area contributed by atoms with Crippen LogP contribution >= 0.6 is 11.8 Å². The van der Waals surface area contributed by atoms with Crippen LogP contribution in [0.25, 0.3) is 5.69 Å². The van der Waals surface area contributed by atoms with Crippen molar-refractivity contribution in [1.29, 1.82) is 0 Å². The van der Waals surface area contributed by atoms with Gasteiger partial charge in [0.1, 0.15) is 5.69 Å². The Balaban J connectivity index is 1.78. The molecule has 3 aromatic rings. The normalized spacial score (nSPS) is 13.1. The maximum absolute atomic E-state index is 13.2. The van der Waals surface area contributed by atoms with Crippen molar-refractivity contribution >= 4 is 23.4 Å². The average Bonchev–Trinajstić information content (AvgIpc) is 3.26. The summed E-state index contributed by atoms with van der Waals surface area (Å²) in [6.07, 6.45) is 4.56. The molecule has 0 saturated heterocycles. The minimum Gasteiger partial charge on any atom is -0.306 e. The van der Waals surface area contributed by atoms with Crippen LogP contribution in [0.2, 0.25) is 0 Å². The quantitative estimate of drug-likeness (QED) is 0.683. The molecule has 1 amide bonds. The van der Waals surface area contributed by atoms with Gasteiger partial charge in [-0.15, -0.1) is 0 Å². The van der Waals surface area contributed by atoms with Crippen LogP contribution in [0.15, 0.2) is 66.0 Å². The van der Waals surface area contributed by atoms with E-state index in [0.717, 1.165) is 23.0 Å². The molecule has 0 N–H and O–H groups in total. The van der Waals surface area contributed by atoms with Gasteiger partial charge in [0.2, 0.25) is 0 Å². The number of thioether (sulfide) groups is 1. The highest BCUT2D eigenvalue weighted by atomic mass is 32.2. The van der Waals surface area contributed by atoms with Crippen molar-refractivity contribution in [3.63, 3.8) is 0 Å². The summed E-state index contributed by atoms with van der Waals surface area (Å²) in [5.74, 6) is -0.00315. The molecule has 0 fully saturated rings. The minimum atomic E-state index is -0.00315. The Morgan fingerprint density at radius 1 is 1.08 bits per heavy atom. The van der Waals surface area contributed by atoms with Crippen LogP contribution in [-0.4, -0.2) is 28.3 Å². The third kappa shape index (κ3) is 2.41. The van der Waals surface area contributed by atoms with Crippen molar-refractivity contribution in [1.82, 2.24) is 9.55 Å². The fourth-order valence-electron chi connectivity index (χ4n) is 3.14. The van der Waals surface area contributed by atoms with Crippen LogP contribution in [0.4, 0.5) is 5.69 Å². The Bertz CT molecular complexity index is 889. The molecule has 0 bridgehead atoms. The van der Waals surface area contributed by atoms with E-state index in [4.69, 9.17) is 0 Å². The number of imidazole rings is 1. The second-order valence-electron chi connectivity index (χ2n) is 5.64. The van der Waals surface area contributed by atoms with Crippen molar-refractivity contribution in [3.05, 3.63) is 72.1 Å². The molecule has 0 unspecified atom stereocenters. The summed E-state index contributed by atoms with van der Waals surface area (Å²) in [5.41, 5.74) is 3.79. The molecule has 5 heteroatoms. The summed E-state index contributed by atoms with van der Waals surface area (Å²) < 4.78 is 1.94. The molecule has 24 heavy (non-hydrogen) atoms. The van der Waals surface area contributed by atoms with E-state index in [1.807, 2.05) is 64.3 Å². The van der Waals surface area contributed by atoms with E-state index in [9.17, 15) is 4.79 Å². The zero-order valence-electron chi connectivity index (χ0n) is 13.3. The summed E-state index contributed by atoms with van der Waals surface area (Å²) in [6.45, 7) is 0.715. The standard InChI is InChI=1S/C19H17N3OS/c1-24-19-20-13-17(22(19)15-8-3-2-4-9-15)18(23)21-12-11-14-7-5-6-10-16(14)21/h2-10,13H,11-12H2,1H3. The SMILES string of the molecule is CSc1ncc(C(=O)N2CCc3ccccc32)n1-c1ccccc1. The molecule has 1 aromatic heterocycles. The predicted octanol–water partition coefficient (Wildman–Crippen LogP) is 3.80. The molecular formula is C19H17N3OS. The number of nitrogens with zero attached hydrogens (tertiary/aromatic N) is 3. The largest absolute Gasteiger partial charge is 0.306 e. The van der Waals surface area contributed by atoms with E-state index in [0.29, 0.717) is 12.2 Å². The van der Waals surface area contributed by atoms with E-state index in [2.05, 4.69) is 11.1 Å². The molecule has 4 rings (SSSR count). The Morgan fingerprint density at radius 3 is 2.62 bits per heavy atom. The number of fused-ring (bicyclic) bond motifs is 1. The molecule has 4 nitrogen and oxygen atoms in total. The number of para-hydroxylation sites is 2. The molecule has 2 heterocycles. The highest BCUT2D eigenvalue weighted by Crippen LogP contribution is 2.30. The van der Waals surface area contributed by atoms with Crippen LogP contribution in [0, 0.1) is 0 Å². The maximum atomic E-state index is 13.2. The lowest BCUT2D eigenvalue weighted by atomic mass is 10.2. The Kier molecular flexibility index (Phi) is 3.86. The molecule has 0 aliphatic carbocycles. The van der Waals surface area contributed by atoms with Gasteiger partial charge in [-0.2, -0.15) is 0 Å². The molecule has 120 valence electrons. The molecule has 2 aromatic carbocycles. The number of hydrogen-bond donors (Lipinski definition) is 0. The number of carbonyl (C=O) groups excluding carboxylic acids is 1. The Morgan fingerprint density at radius 2 is 1.83 bits per heavy atom. The summed E-state index contributed by atoms with van der Waals surface area (Å²) in [6, 6.07) is 18.0. The fourth-order valence-corrected chi connectivity index (χ4v) is 3.69. The molecule has 1 aliphatic rings. The third-order valence-electron chi connectivity index (χ3n) is 4.28. The topological polar surface area (TPSA) is 38.1 Å². The molecule has 1 aliphatic heterocycles. The first-order valence-electron chi connectivity index (χ1n) is 7.86. The van der Waals surface area contributed by atoms with Crippen LogP contribution < -0.4 is 4.90 Å². The van der Waals surface area contributed by atoms with Gasteiger partial charge in [-0.1, -0.05) is 48.2 Å². The summed E-state index contributed by atoms with van der Waals surface area (Å²) in [5, 5.41) is 0.817. The molecular weight excluding hydrogens is 318 g/mol. The Labute approximate surface area is 145 Å². The number of rotatable bonds is 3. The van der Waals surface area contributed by atoms with Crippen molar-refractivity contribution in [2.24, 2.45) is 0 Å². The van der Waals surface area contributed by atoms with Gasteiger partial charge in [-0.25, -0.2) is 4.98 Å². The molecule has 0 saturated carbocycles. The lowest BCUT2D eigenvalue weighted by molar-refractivity contribution is 0.0982. The van der Waals surface area contributed by atoms with E-state index >= 15 is 0 Å². The van der Waals surface area contributed by atoms with Crippen molar-refractivity contribution in [3.8, 4) is 5.69 Å². The summed E-state index contributed by atoms with van der Waals surface area (Å²) in [4.78, 5) is 19.5. The fraction of sp³-hybridized carbons (Fsp3) is 0.158. The van der Waals surface area contributed by atoms with Gasteiger partial charge in [-0.05, 0) is 36.4 Å². The monoisotopic (exact) mass is 335 g/mol. The number of amides is 1. The van der Waals surface area contributed by atoms with Gasteiger partial charge in [0.15, 0.2) is 5.16 Å². The summed E-state index contributed by atoms with van der Waals surface area (Å²) in [7, 11) is 0. The zero-order valence-corrected chi connectivity index (χ0v) is 14.2. The summed E-state index contributed by atoms with van der Waals surface area (Å²) >= 11 is 1.54. The van der Waals surface area contributed by atoms with Gasteiger partial charge in [0, 0.05) is 17.9 Å². The lowest BCUT2D eigenvalue weighted by Gasteiger charge is -2.18. The number of anilines is 1. The first-order valence-corrected chi connectivity index (χ1v) is 9.09. The van der Waals surface area contributed by atoms with Gasteiger partial charge < -0.3 is 4.90 Å². The van der Waals surface area contributed by atoms with Crippen molar-refractivity contribution in [2.75, 3.05) is 17.7 Å². The van der Waals surface area contributed by atoms with Gasteiger partial charge in [0.25, 0.3) is 5.91 Å². The molecule has 0 atom stereocenters. The van der Waals surface area contributed by atoms with E-state index in [1.165, 1.54) is 17.3 Å².